The molecule has 0 aromatic heterocycles. The van der Waals surface area contributed by atoms with Gasteiger partial charge in [0.1, 0.15) is 18.9 Å². The van der Waals surface area contributed by atoms with E-state index in [1.54, 1.807) is 4.90 Å². The summed E-state index contributed by atoms with van der Waals surface area (Å²) in [6, 6.07) is 7.51. The van der Waals surface area contributed by atoms with E-state index in [9.17, 15) is 4.79 Å². The third-order valence-corrected chi connectivity index (χ3v) is 4.20. The molecular weight excluding hydrogens is 250 g/mol. The molecule has 20 heavy (non-hydrogen) atoms. The maximum absolute atomic E-state index is 11.5. The lowest BCUT2D eigenvalue weighted by Gasteiger charge is -2.27. The highest BCUT2D eigenvalue weighted by Crippen LogP contribution is 2.13. The number of carbonyl (C=O) groups is 1. The molecule has 1 saturated heterocycles. The van der Waals surface area contributed by atoms with Crippen LogP contribution in [0.1, 0.15) is 43.5 Å². The molecule has 0 saturated carbocycles. The molecule has 110 valence electrons. The summed E-state index contributed by atoms with van der Waals surface area (Å²) in [7, 11) is 0. The van der Waals surface area contributed by atoms with E-state index in [1.165, 1.54) is 25.9 Å². The molecule has 1 fully saturated rings. The molecule has 0 atom stereocenters. The van der Waals surface area contributed by atoms with Crippen molar-refractivity contribution in [2.45, 2.75) is 33.1 Å². The maximum Gasteiger partial charge on any atom is 0.162 e. The number of carbonyl (C=O) groups excluding carboxylic acids is 1. The van der Waals surface area contributed by atoms with E-state index >= 15 is 0 Å². The average Bonchev–Trinajstić information content (AvgIpc) is 2.49. The van der Waals surface area contributed by atoms with Crippen molar-refractivity contribution in [2.24, 2.45) is 5.92 Å². The van der Waals surface area contributed by atoms with E-state index in [2.05, 4.69) is 6.92 Å². The summed E-state index contributed by atoms with van der Waals surface area (Å²) in [5.74, 6) is 1.94. The molecule has 1 heterocycles. The normalized spacial score (nSPS) is 22.5. The summed E-state index contributed by atoms with van der Waals surface area (Å²) in [6.45, 7) is 8.59. The standard InChI is InChI=1S/C17H25NO2/c1-3-17(19)15-4-6-16(7-5-15)20-13-12-18-10-8-14(2)9-11-18/h4-7,14H,3,8-13H2,1-2H3/p+1. The van der Waals surface area contributed by atoms with Crippen LogP contribution in [0.15, 0.2) is 24.3 Å². The molecule has 0 aliphatic carbocycles. The molecule has 0 bridgehead atoms. The second kappa shape index (κ2) is 7.44. The number of piperidine rings is 1. The Balaban J connectivity index is 1.73. The molecule has 2 rings (SSSR count). The molecule has 0 spiro atoms. The Morgan fingerprint density at radius 1 is 1.25 bits per heavy atom. The molecule has 1 aliphatic rings. The number of Topliss-reactive ketones (excluding diaryl/α,β-unsaturated/α-hetero) is 1. The fraction of sp³-hybridized carbons (Fsp3) is 0.588. The fourth-order valence-electron chi connectivity index (χ4n) is 2.67. The summed E-state index contributed by atoms with van der Waals surface area (Å²) in [6.07, 6.45) is 3.23. The predicted molar refractivity (Wildman–Crippen MR) is 80.5 cm³/mol. The van der Waals surface area contributed by atoms with Crippen molar-refractivity contribution in [3.05, 3.63) is 29.8 Å². The number of hydrogen-bond donors (Lipinski definition) is 1. The SMILES string of the molecule is CCC(=O)c1ccc(OCC[NH+]2CCC(C)CC2)cc1. The zero-order chi connectivity index (χ0) is 14.4. The van der Waals surface area contributed by atoms with Gasteiger partial charge in [-0.1, -0.05) is 13.8 Å². The Hall–Kier alpha value is -1.35. The molecule has 1 aromatic carbocycles. The van der Waals surface area contributed by atoms with Crippen LogP contribution >= 0.6 is 0 Å². The van der Waals surface area contributed by atoms with Crippen LogP contribution in [-0.2, 0) is 0 Å². The van der Waals surface area contributed by atoms with Crippen molar-refractivity contribution in [2.75, 3.05) is 26.2 Å². The van der Waals surface area contributed by atoms with Crippen LogP contribution in [0.3, 0.4) is 0 Å². The number of benzene rings is 1. The Bertz CT molecular complexity index is 419. The topological polar surface area (TPSA) is 30.7 Å². The lowest BCUT2D eigenvalue weighted by Crippen LogP contribution is -3.13. The number of quaternary nitrogens is 1. The van der Waals surface area contributed by atoms with Gasteiger partial charge in [0, 0.05) is 12.0 Å². The van der Waals surface area contributed by atoms with Crippen molar-refractivity contribution < 1.29 is 14.4 Å². The van der Waals surface area contributed by atoms with Crippen molar-refractivity contribution >= 4 is 5.78 Å². The summed E-state index contributed by atoms with van der Waals surface area (Å²) in [5.41, 5.74) is 0.774. The van der Waals surface area contributed by atoms with Gasteiger partial charge in [0.25, 0.3) is 0 Å². The maximum atomic E-state index is 11.5. The summed E-state index contributed by atoms with van der Waals surface area (Å²) in [4.78, 5) is 13.2. The predicted octanol–water partition coefficient (Wildman–Crippen LogP) is 1.97. The van der Waals surface area contributed by atoms with E-state index in [1.807, 2.05) is 31.2 Å². The first-order chi connectivity index (χ1) is 9.69. The van der Waals surface area contributed by atoms with Gasteiger partial charge in [-0.3, -0.25) is 4.79 Å². The minimum absolute atomic E-state index is 0.184. The molecule has 3 heteroatoms. The van der Waals surface area contributed by atoms with Gasteiger partial charge in [0.15, 0.2) is 5.78 Å². The van der Waals surface area contributed by atoms with Gasteiger partial charge >= 0.3 is 0 Å². The van der Waals surface area contributed by atoms with Gasteiger partial charge in [-0.2, -0.15) is 0 Å². The zero-order valence-electron chi connectivity index (χ0n) is 12.7. The zero-order valence-corrected chi connectivity index (χ0v) is 12.7. The van der Waals surface area contributed by atoms with E-state index in [0.717, 1.165) is 30.4 Å². The van der Waals surface area contributed by atoms with Gasteiger partial charge in [0.05, 0.1) is 13.1 Å². The lowest BCUT2D eigenvalue weighted by molar-refractivity contribution is -0.906. The van der Waals surface area contributed by atoms with Crippen molar-refractivity contribution in [3.8, 4) is 5.75 Å². The van der Waals surface area contributed by atoms with Crippen molar-refractivity contribution in [1.82, 2.24) is 0 Å². The van der Waals surface area contributed by atoms with Crippen molar-refractivity contribution in [3.63, 3.8) is 0 Å². The summed E-state index contributed by atoms with van der Waals surface area (Å²) >= 11 is 0. The van der Waals surface area contributed by atoms with Gasteiger partial charge in [-0.05, 0) is 43.0 Å². The highest BCUT2D eigenvalue weighted by molar-refractivity contribution is 5.95. The number of likely N-dealkylation sites (tertiary alicyclic amines) is 1. The highest BCUT2D eigenvalue weighted by Gasteiger charge is 2.18. The van der Waals surface area contributed by atoms with Crippen LogP contribution in [0.5, 0.6) is 5.75 Å². The Kier molecular flexibility index (Phi) is 5.60. The quantitative estimate of drug-likeness (QED) is 0.805. The monoisotopic (exact) mass is 276 g/mol. The molecule has 0 radical (unpaired) electrons. The number of nitrogens with one attached hydrogen (secondary N) is 1. The first kappa shape index (κ1) is 15.0. The second-order valence-corrected chi connectivity index (χ2v) is 5.83. The summed E-state index contributed by atoms with van der Waals surface area (Å²) < 4.78 is 5.77. The molecule has 0 unspecified atom stereocenters. The van der Waals surface area contributed by atoms with E-state index in [4.69, 9.17) is 4.74 Å². The van der Waals surface area contributed by atoms with Gasteiger partial charge in [0.2, 0.25) is 0 Å². The Labute approximate surface area is 121 Å². The molecule has 0 amide bonds. The van der Waals surface area contributed by atoms with Crippen LogP contribution in [-0.4, -0.2) is 32.0 Å². The number of ether oxygens (including phenoxy) is 1. The molecule has 1 aromatic rings. The minimum atomic E-state index is 0.184. The van der Waals surface area contributed by atoms with E-state index in [0.29, 0.717) is 6.42 Å². The summed E-state index contributed by atoms with van der Waals surface area (Å²) in [5, 5.41) is 0. The van der Waals surface area contributed by atoms with Gasteiger partial charge in [-0.25, -0.2) is 0 Å². The Morgan fingerprint density at radius 2 is 1.90 bits per heavy atom. The van der Waals surface area contributed by atoms with Crippen LogP contribution in [0.25, 0.3) is 0 Å². The molecule has 1 N–H and O–H groups in total. The van der Waals surface area contributed by atoms with Crippen LogP contribution < -0.4 is 9.64 Å². The highest BCUT2D eigenvalue weighted by atomic mass is 16.5. The molecule has 1 aliphatic heterocycles. The largest absolute Gasteiger partial charge is 0.488 e. The molecular formula is C17H26NO2+. The van der Waals surface area contributed by atoms with Crippen LogP contribution in [0.2, 0.25) is 0 Å². The first-order valence-corrected chi connectivity index (χ1v) is 7.78. The van der Waals surface area contributed by atoms with Crippen LogP contribution in [0.4, 0.5) is 0 Å². The number of ketones is 1. The fourth-order valence-corrected chi connectivity index (χ4v) is 2.67. The molecule has 3 nitrogen and oxygen atoms in total. The minimum Gasteiger partial charge on any atom is -0.488 e. The second-order valence-electron chi connectivity index (χ2n) is 5.83. The third kappa shape index (κ3) is 4.34. The van der Waals surface area contributed by atoms with E-state index in [-0.39, 0.29) is 5.78 Å². The smallest absolute Gasteiger partial charge is 0.162 e. The van der Waals surface area contributed by atoms with Crippen molar-refractivity contribution in [1.29, 1.82) is 0 Å². The van der Waals surface area contributed by atoms with Gasteiger partial charge in [-0.15, -0.1) is 0 Å². The average molecular weight is 276 g/mol. The number of hydrogen-bond acceptors (Lipinski definition) is 2. The van der Waals surface area contributed by atoms with E-state index < -0.39 is 0 Å². The van der Waals surface area contributed by atoms with Gasteiger partial charge < -0.3 is 9.64 Å². The third-order valence-electron chi connectivity index (χ3n) is 4.20. The van der Waals surface area contributed by atoms with Crippen LogP contribution in [0, 0.1) is 5.92 Å². The Morgan fingerprint density at radius 3 is 2.50 bits per heavy atom. The first-order valence-electron chi connectivity index (χ1n) is 7.78. The number of rotatable bonds is 6. The lowest BCUT2D eigenvalue weighted by atomic mass is 9.99.